The first-order valence-electron chi connectivity index (χ1n) is 6.02. The second-order valence-corrected chi connectivity index (χ2v) is 4.52. The third-order valence-electron chi connectivity index (χ3n) is 3.02. The Kier molecular flexibility index (Phi) is 3.80. The molecule has 0 saturated heterocycles. The Morgan fingerprint density at radius 1 is 1.37 bits per heavy atom. The first-order valence-corrected chi connectivity index (χ1v) is 6.02. The number of carbonyl (C=O) groups is 1. The molecule has 98 valence electrons. The Morgan fingerprint density at radius 2 is 2.16 bits per heavy atom. The first kappa shape index (κ1) is 13.1. The van der Waals surface area contributed by atoms with E-state index in [9.17, 15) is 4.79 Å². The molecule has 19 heavy (non-hydrogen) atoms. The molecule has 0 unspecified atom stereocenters. The summed E-state index contributed by atoms with van der Waals surface area (Å²) in [6, 6.07) is 9.28. The molecule has 0 spiro atoms. The molecule has 0 amide bonds. The molecular formula is C15H16N2O2. The third-order valence-corrected chi connectivity index (χ3v) is 3.02. The summed E-state index contributed by atoms with van der Waals surface area (Å²) in [4.78, 5) is 17.1. The normalized spacial score (nSPS) is 10.2. The first-order chi connectivity index (χ1) is 9.08. The number of pyridine rings is 1. The largest absolute Gasteiger partial charge is 0.478 e. The van der Waals surface area contributed by atoms with Crippen LogP contribution in [0.5, 0.6) is 0 Å². The smallest absolute Gasteiger partial charge is 0.335 e. The Balaban J connectivity index is 2.18. The number of carboxylic acid groups (broad SMARTS) is 1. The van der Waals surface area contributed by atoms with Gasteiger partial charge < -0.3 is 10.0 Å². The summed E-state index contributed by atoms with van der Waals surface area (Å²) in [5.74, 6) is -0.890. The summed E-state index contributed by atoms with van der Waals surface area (Å²) in [6.07, 6.45) is 3.57. The number of rotatable bonds is 4. The fraction of sp³-hybridized carbons (Fsp3) is 0.200. The van der Waals surface area contributed by atoms with E-state index in [4.69, 9.17) is 5.11 Å². The van der Waals surface area contributed by atoms with Gasteiger partial charge in [0.15, 0.2) is 0 Å². The van der Waals surface area contributed by atoms with Gasteiger partial charge in [-0.2, -0.15) is 0 Å². The number of aryl methyl sites for hydroxylation is 1. The van der Waals surface area contributed by atoms with Crippen molar-refractivity contribution < 1.29 is 9.90 Å². The molecule has 0 bridgehead atoms. The minimum absolute atomic E-state index is 0.346. The van der Waals surface area contributed by atoms with Gasteiger partial charge in [0.05, 0.1) is 5.56 Å². The minimum atomic E-state index is -0.890. The molecule has 0 atom stereocenters. The summed E-state index contributed by atoms with van der Waals surface area (Å²) in [5, 5.41) is 9.01. The standard InChI is InChI=1S/C15H16N2O2/c1-11-8-13(5-6-14(11)15(18)19)17(2)10-12-4-3-7-16-9-12/h3-9H,10H2,1-2H3,(H,18,19). The zero-order chi connectivity index (χ0) is 13.8. The average molecular weight is 256 g/mol. The van der Waals surface area contributed by atoms with Gasteiger partial charge in [0.25, 0.3) is 0 Å². The van der Waals surface area contributed by atoms with Crippen molar-refractivity contribution in [3.05, 3.63) is 59.4 Å². The van der Waals surface area contributed by atoms with Crippen LogP contribution in [0.25, 0.3) is 0 Å². The maximum atomic E-state index is 11.0. The van der Waals surface area contributed by atoms with Crippen LogP contribution in [-0.4, -0.2) is 23.1 Å². The second-order valence-electron chi connectivity index (χ2n) is 4.52. The van der Waals surface area contributed by atoms with E-state index < -0.39 is 5.97 Å². The number of carboxylic acids is 1. The molecule has 0 saturated carbocycles. The molecular weight excluding hydrogens is 240 g/mol. The molecule has 0 aliphatic heterocycles. The van der Waals surface area contributed by atoms with E-state index in [0.717, 1.165) is 23.4 Å². The van der Waals surface area contributed by atoms with Gasteiger partial charge in [-0.05, 0) is 42.3 Å². The summed E-state index contributed by atoms with van der Waals surface area (Å²) >= 11 is 0. The van der Waals surface area contributed by atoms with Crippen LogP contribution in [0.15, 0.2) is 42.7 Å². The Bertz CT molecular complexity index is 582. The van der Waals surface area contributed by atoms with Crippen molar-refractivity contribution in [2.24, 2.45) is 0 Å². The van der Waals surface area contributed by atoms with Crippen LogP contribution in [0.3, 0.4) is 0 Å². The molecule has 4 nitrogen and oxygen atoms in total. The van der Waals surface area contributed by atoms with E-state index in [2.05, 4.69) is 9.88 Å². The summed E-state index contributed by atoms with van der Waals surface area (Å²) in [6.45, 7) is 2.55. The number of hydrogen-bond acceptors (Lipinski definition) is 3. The van der Waals surface area contributed by atoms with Crippen LogP contribution in [0.4, 0.5) is 5.69 Å². The molecule has 1 N–H and O–H groups in total. The van der Waals surface area contributed by atoms with E-state index in [1.807, 2.05) is 44.4 Å². The molecule has 1 aromatic heterocycles. The lowest BCUT2D eigenvalue weighted by molar-refractivity contribution is 0.0696. The molecule has 1 aromatic carbocycles. The van der Waals surface area contributed by atoms with Gasteiger partial charge in [0.1, 0.15) is 0 Å². The molecule has 0 radical (unpaired) electrons. The summed E-state index contributed by atoms with van der Waals surface area (Å²) in [5.41, 5.74) is 3.22. The predicted molar refractivity (Wildman–Crippen MR) is 74.5 cm³/mol. The van der Waals surface area contributed by atoms with Crippen molar-refractivity contribution in [3.63, 3.8) is 0 Å². The number of hydrogen-bond donors (Lipinski definition) is 1. The molecule has 0 aliphatic carbocycles. The van der Waals surface area contributed by atoms with E-state index in [1.165, 1.54) is 0 Å². The summed E-state index contributed by atoms with van der Waals surface area (Å²) in [7, 11) is 1.97. The Hall–Kier alpha value is -2.36. The lowest BCUT2D eigenvalue weighted by Gasteiger charge is -2.20. The van der Waals surface area contributed by atoms with E-state index in [0.29, 0.717) is 5.56 Å². The fourth-order valence-corrected chi connectivity index (χ4v) is 1.98. The molecule has 0 fully saturated rings. The SMILES string of the molecule is Cc1cc(N(C)Cc2cccnc2)ccc1C(=O)O. The minimum Gasteiger partial charge on any atom is -0.478 e. The van der Waals surface area contributed by atoms with Crippen molar-refractivity contribution in [3.8, 4) is 0 Å². The van der Waals surface area contributed by atoms with Crippen molar-refractivity contribution in [1.29, 1.82) is 0 Å². The van der Waals surface area contributed by atoms with Gasteiger partial charge in [-0.3, -0.25) is 4.98 Å². The van der Waals surface area contributed by atoms with Crippen LogP contribution in [0, 0.1) is 6.92 Å². The van der Waals surface area contributed by atoms with Gasteiger partial charge >= 0.3 is 5.97 Å². The Morgan fingerprint density at radius 3 is 2.74 bits per heavy atom. The lowest BCUT2D eigenvalue weighted by atomic mass is 10.1. The Labute approximate surface area is 112 Å². The molecule has 2 aromatic rings. The zero-order valence-electron chi connectivity index (χ0n) is 11.0. The van der Waals surface area contributed by atoms with Gasteiger partial charge in [-0.15, -0.1) is 0 Å². The average Bonchev–Trinajstić information content (AvgIpc) is 2.39. The molecule has 4 heteroatoms. The lowest BCUT2D eigenvalue weighted by Crippen LogP contribution is -2.17. The monoisotopic (exact) mass is 256 g/mol. The highest BCUT2D eigenvalue weighted by Gasteiger charge is 2.09. The van der Waals surface area contributed by atoms with Crippen LogP contribution in [0.1, 0.15) is 21.5 Å². The van der Waals surface area contributed by atoms with Gasteiger partial charge in [0, 0.05) is 31.7 Å². The number of anilines is 1. The predicted octanol–water partition coefficient (Wildman–Crippen LogP) is 2.72. The van der Waals surface area contributed by atoms with Crippen molar-refractivity contribution in [2.75, 3.05) is 11.9 Å². The van der Waals surface area contributed by atoms with Gasteiger partial charge in [-0.25, -0.2) is 4.79 Å². The van der Waals surface area contributed by atoms with Crippen LogP contribution >= 0.6 is 0 Å². The molecule has 1 heterocycles. The second kappa shape index (κ2) is 5.52. The number of aromatic carboxylic acids is 1. The maximum Gasteiger partial charge on any atom is 0.335 e. The van der Waals surface area contributed by atoms with Crippen molar-refractivity contribution in [1.82, 2.24) is 4.98 Å². The van der Waals surface area contributed by atoms with Crippen LogP contribution < -0.4 is 4.90 Å². The number of benzene rings is 1. The summed E-state index contributed by atoms with van der Waals surface area (Å²) < 4.78 is 0. The highest BCUT2D eigenvalue weighted by molar-refractivity contribution is 5.89. The maximum absolute atomic E-state index is 11.0. The van der Waals surface area contributed by atoms with Crippen molar-refractivity contribution >= 4 is 11.7 Å². The van der Waals surface area contributed by atoms with E-state index >= 15 is 0 Å². The van der Waals surface area contributed by atoms with E-state index in [1.54, 1.807) is 12.3 Å². The number of aromatic nitrogens is 1. The van der Waals surface area contributed by atoms with E-state index in [-0.39, 0.29) is 0 Å². The topological polar surface area (TPSA) is 53.4 Å². The quantitative estimate of drug-likeness (QED) is 0.913. The number of nitrogens with zero attached hydrogens (tertiary/aromatic N) is 2. The van der Waals surface area contributed by atoms with Crippen LogP contribution in [-0.2, 0) is 6.54 Å². The highest BCUT2D eigenvalue weighted by Crippen LogP contribution is 2.19. The van der Waals surface area contributed by atoms with Crippen LogP contribution in [0.2, 0.25) is 0 Å². The van der Waals surface area contributed by atoms with Crippen molar-refractivity contribution in [2.45, 2.75) is 13.5 Å². The third kappa shape index (κ3) is 3.10. The van der Waals surface area contributed by atoms with Gasteiger partial charge in [-0.1, -0.05) is 6.07 Å². The molecule has 0 aliphatic rings. The molecule has 2 rings (SSSR count). The highest BCUT2D eigenvalue weighted by atomic mass is 16.4. The van der Waals surface area contributed by atoms with Gasteiger partial charge in [0.2, 0.25) is 0 Å². The fourth-order valence-electron chi connectivity index (χ4n) is 1.98. The zero-order valence-corrected chi connectivity index (χ0v) is 11.0.